The monoisotopic (exact) mass is 344 g/mol. The van der Waals surface area contributed by atoms with Crippen molar-refractivity contribution < 1.29 is 0 Å². The third-order valence-corrected chi connectivity index (χ3v) is 3.94. The summed E-state index contributed by atoms with van der Waals surface area (Å²) in [6.07, 6.45) is 4.47. The number of benzene rings is 1. The van der Waals surface area contributed by atoms with Crippen LogP contribution in [0.2, 0.25) is 0 Å². The summed E-state index contributed by atoms with van der Waals surface area (Å²) < 4.78 is 0. The number of anilines is 3. The van der Waals surface area contributed by atoms with Crippen LogP contribution in [-0.4, -0.2) is 21.0 Å². The summed E-state index contributed by atoms with van der Waals surface area (Å²) in [5, 5.41) is 15.6. The number of nitrogens with zero attached hydrogens (tertiary/aromatic N) is 4. The van der Waals surface area contributed by atoms with Crippen LogP contribution in [0.15, 0.2) is 54.9 Å². The Hall–Kier alpha value is -3.46. The number of hydrogen-bond donors (Lipinski definition) is 2. The van der Waals surface area contributed by atoms with Crippen molar-refractivity contribution in [2.45, 2.75) is 26.3 Å². The number of aromatic nitrogens is 3. The van der Waals surface area contributed by atoms with Gasteiger partial charge in [-0.1, -0.05) is 13.0 Å². The van der Waals surface area contributed by atoms with E-state index in [1.54, 1.807) is 24.5 Å². The highest BCUT2D eigenvalue weighted by atomic mass is 15.2. The zero-order chi connectivity index (χ0) is 18.4. The van der Waals surface area contributed by atoms with E-state index < -0.39 is 0 Å². The van der Waals surface area contributed by atoms with Gasteiger partial charge in [0.2, 0.25) is 5.95 Å². The molecule has 0 aliphatic heterocycles. The molecule has 3 rings (SSSR count). The number of nitrogens with one attached hydrogen (secondary N) is 2. The average molecular weight is 344 g/mol. The van der Waals surface area contributed by atoms with Gasteiger partial charge in [-0.3, -0.25) is 4.98 Å². The van der Waals surface area contributed by atoms with E-state index in [4.69, 9.17) is 5.26 Å². The minimum Gasteiger partial charge on any atom is -0.352 e. The molecule has 2 heterocycles. The van der Waals surface area contributed by atoms with Gasteiger partial charge in [0.25, 0.3) is 0 Å². The molecular weight excluding hydrogens is 324 g/mol. The van der Waals surface area contributed by atoms with E-state index >= 15 is 0 Å². The molecule has 6 heteroatoms. The lowest BCUT2D eigenvalue weighted by Crippen LogP contribution is -2.16. The first kappa shape index (κ1) is 17.4. The smallest absolute Gasteiger partial charge is 0.225 e. The minimum atomic E-state index is 0.258. The molecule has 3 aromatic rings. The van der Waals surface area contributed by atoms with Crippen molar-refractivity contribution in [1.82, 2.24) is 15.0 Å². The summed E-state index contributed by atoms with van der Waals surface area (Å²) in [5.74, 6) is 1.21. The van der Waals surface area contributed by atoms with E-state index in [1.807, 2.05) is 30.3 Å². The van der Waals surface area contributed by atoms with Crippen LogP contribution in [0, 0.1) is 11.3 Å². The number of pyridine rings is 1. The fourth-order valence-electron chi connectivity index (χ4n) is 2.37. The molecule has 0 aliphatic carbocycles. The average Bonchev–Trinajstić information content (AvgIpc) is 2.68. The fourth-order valence-corrected chi connectivity index (χ4v) is 2.37. The molecule has 0 saturated heterocycles. The lowest BCUT2D eigenvalue weighted by atomic mass is 10.2. The zero-order valence-corrected chi connectivity index (χ0v) is 14.8. The van der Waals surface area contributed by atoms with Crippen molar-refractivity contribution in [3.05, 3.63) is 60.4 Å². The SMILES string of the molecule is CC[C@H](C)Nc1nc(Nc2cccc(C#N)c2)cc(-c2cccnc2)n1. The molecule has 0 spiro atoms. The molecule has 6 nitrogen and oxygen atoms in total. The largest absolute Gasteiger partial charge is 0.352 e. The van der Waals surface area contributed by atoms with E-state index in [0.29, 0.717) is 17.3 Å². The standard InChI is InChI=1S/C20H20N6/c1-3-14(2)23-20-25-18(16-7-5-9-22-13-16)11-19(26-20)24-17-8-4-6-15(10-17)12-21/h4-11,13-14H,3H2,1-2H3,(H2,23,24,25,26)/t14-/m0/s1. The second kappa shape index (κ2) is 8.08. The molecule has 0 radical (unpaired) electrons. The highest BCUT2D eigenvalue weighted by Gasteiger charge is 2.09. The second-order valence-corrected chi connectivity index (χ2v) is 5.97. The Kier molecular flexibility index (Phi) is 5.40. The van der Waals surface area contributed by atoms with Gasteiger partial charge in [0, 0.05) is 35.8 Å². The van der Waals surface area contributed by atoms with Crippen LogP contribution in [0.4, 0.5) is 17.5 Å². The van der Waals surface area contributed by atoms with Crippen LogP contribution in [0.1, 0.15) is 25.8 Å². The highest BCUT2D eigenvalue weighted by molar-refractivity contribution is 5.67. The summed E-state index contributed by atoms with van der Waals surface area (Å²) in [7, 11) is 0. The number of rotatable bonds is 6. The van der Waals surface area contributed by atoms with E-state index in [9.17, 15) is 0 Å². The summed E-state index contributed by atoms with van der Waals surface area (Å²) in [6.45, 7) is 4.19. The normalized spacial score (nSPS) is 11.4. The van der Waals surface area contributed by atoms with Gasteiger partial charge in [-0.15, -0.1) is 0 Å². The van der Waals surface area contributed by atoms with Crippen molar-refractivity contribution in [3.8, 4) is 17.3 Å². The first-order valence-corrected chi connectivity index (χ1v) is 8.51. The first-order chi connectivity index (χ1) is 12.7. The quantitative estimate of drug-likeness (QED) is 0.691. The maximum absolute atomic E-state index is 9.07. The Labute approximate surface area is 153 Å². The van der Waals surface area contributed by atoms with Gasteiger partial charge < -0.3 is 10.6 Å². The van der Waals surface area contributed by atoms with Crippen LogP contribution in [0.5, 0.6) is 0 Å². The molecule has 26 heavy (non-hydrogen) atoms. The van der Waals surface area contributed by atoms with E-state index in [1.165, 1.54) is 0 Å². The molecule has 0 aliphatic rings. The summed E-state index contributed by atoms with van der Waals surface area (Å²) >= 11 is 0. The molecule has 0 unspecified atom stereocenters. The molecule has 0 amide bonds. The summed E-state index contributed by atoms with van der Waals surface area (Å²) in [6, 6.07) is 15.4. The molecule has 1 aromatic carbocycles. The Balaban J connectivity index is 1.97. The maximum atomic E-state index is 9.07. The highest BCUT2D eigenvalue weighted by Crippen LogP contribution is 2.24. The van der Waals surface area contributed by atoms with Crippen molar-refractivity contribution in [2.24, 2.45) is 0 Å². The molecular formula is C20H20N6. The Morgan fingerprint density at radius 1 is 1.15 bits per heavy atom. The molecule has 1 atom stereocenters. The van der Waals surface area contributed by atoms with E-state index in [-0.39, 0.29) is 6.04 Å². The number of nitriles is 1. The van der Waals surface area contributed by atoms with Gasteiger partial charge in [-0.05, 0) is 43.7 Å². The molecule has 2 aromatic heterocycles. The Bertz CT molecular complexity index is 917. The molecule has 0 fully saturated rings. The minimum absolute atomic E-state index is 0.258. The maximum Gasteiger partial charge on any atom is 0.225 e. The molecule has 2 N–H and O–H groups in total. The third-order valence-electron chi connectivity index (χ3n) is 3.94. The van der Waals surface area contributed by atoms with Gasteiger partial charge in [-0.2, -0.15) is 10.2 Å². The van der Waals surface area contributed by atoms with Crippen molar-refractivity contribution in [2.75, 3.05) is 10.6 Å². The van der Waals surface area contributed by atoms with Gasteiger partial charge in [-0.25, -0.2) is 4.98 Å². The topological polar surface area (TPSA) is 86.5 Å². The summed E-state index contributed by atoms with van der Waals surface area (Å²) in [4.78, 5) is 13.3. The van der Waals surface area contributed by atoms with Crippen LogP contribution in [-0.2, 0) is 0 Å². The van der Waals surface area contributed by atoms with Crippen LogP contribution in [0.3, 0.4) is 0 Å². The molecule has 0 bridgehead atoms. The third kappa shape index (κ3) is 4.33. The molecule has 0 saturated carbocycles. The van der Waals surface area contributed by atoms with Crippen molar-refractivity contribution >= 4 is 17.5 Å². The second-order valence-electron chi connectivity index (χ2n) is 5.97. The Morgan fingerprint density at radius 3 is 2.77 bits per heavy atom. The fraction of sp³-hybridized carbons (Fsp3) is 0.200. The lowest BCUT2D eigenvalue weighted by Gasteiger charge is -2.14. The summed E-state index contributed by atoms with van der Waals surface area (Å²) in [5.41, 5.74) is 3.08. The van der Waals surface area contributed by atoms with E-state index in [2.05, 4.69) is 45.5 Å². The zero-order valence-electron chi connectivity index (χ0n) is 14.8. The predicted molar refractivity (Wildman–Crippen MR) is 103 cm³/mol. The van der Waals surface area contributed by atoms with Crippen LogP contribution >= 0.6 is 0 Å². The van der Waals surface area contributed by atoms with E-state index in [0.717, 1.165) is 23.4 Å². The lowest BCUT2D eigenvalue weighted by molar-refractivity contribution is 0.753. The van der Waals surface area contributed by atoms with Gasteiger partial charge >= 0.3 is 0 Å². The number of hydrogen-bond acceptors (Lipinski definition) is 6. The predicted octanol–water partition coefficient (Wildman–Crippen LogP) is 4.36. The van der Waals surface area contributed by atoms with Crippen molar-refractivity contribution in [3.63, 3.8) is 0 Å². The van der Waals surface area contributed by atoms with Crippen LogP contribution in [0.25, 0.3) is 11.3 Å². The van der Waals surface area contributed by atoms with Gasteiger partial charge in [0.1, 0.15) is 5.82 Å². The Morgan fingerprint density at radius 2 is 2.04 bits per heavy atom. The van der Waals surface area contributed by atoms with Gasteiger partial charge in [0.05, 0.1) is 17.3 Å². The van der Waals surface area contributed by atoms with Gasteiger partial charge in [0.15, 0.2) is 0 Å². The molecule has 130 valence electrons. The van der Waals surface area contributed by atoms with Crippen molar-refractivity contribution in [1.29, 1.82) is 5.26 Å². The van der Waals surface area contributed by atoms with Crippen LogP contribution < -0.4 is 10.6 Å². The first-order valence-electron chi connectivity index (χ1n) is 8.51.